The molecule has 1 aliphatic heterocycles. The van der Waals surface area contributed by atoms with Gasteiger partial charge in [0.05, 0.1) is 10.7 Å². The van der Waals surface area contributed by atoms with Crippen molar-refractivity contribution in [1.82, 2.24) is 0 Å². The summed E-state index contributed by atoms with van der Waals surface area (Å²) in [5.74, 6) is 0. The number of nitriles is 1. The summed E-state index contributed by atoms with van der Waals surface area (Å²) in [6, 6.07) is 16.3. The number of anilines is 2. The molecule has 0 saturated carbocycles. The van der Waals surface area contributed by atoms with Gasteiger partial charge >= 0.3 is 0 Å². The van der Waals surface area contributed by atoms with Gasteiger partial charge in [0.2, 0.25) is 0 Å². The minimum atomic E-state index is 0.434. The van der Waals surface area contributed by atoms with Crippen molar-refractivity contribution in [3.8, 4) is 6.07 Å². The number of benzene rings is 2. The van der Waals surface area contributed by atoms with E-state index in [9.17, 15) is 5.26 Å². The Kier molecular flexibility index (Phi) is 4.37. The molecular formula is C18H15N3S2. The second-order valence-electron chi connectivity index (χ2n) is 5.31. The van der Waals surface area contributed by atoms with Gasteiger partial charge in [-0.2, -0.15) is 5.26 Å². The Bertz CT molecular complexity index is 836. The summed E-state index contributed by atoms with van der Waals surface area (Å²) < 4.78 is 0. The lowest BCUT2D eigenvalue weighted by molar-refractivity contribution is 1.39. The Morgan fingerprint density at radius 3 is 2.74 bits per heavy atom. The van der Waals surface area contributed by atoms with E-state index in [4.69, 9.17) is 12.2 Å². The molecule has 0 bridgehead atoms. The molecule has 114 valence electrons. The first-order valence-corrected chi connectivity index (χ1v) is 8.38. The van der Waals surface area contributed by atoms with E-state index < -0.39 is 0 Å². The van der Waals surface area contributed by atoms with Gasteiger partial charge in [0, 0.05) is 10.6 Å². The van der Waals surface area contributed by atoms with Crippen LogP contribution in [0.3, 0.4) is 0 Å². The number of aryl methyl sites for hydroxylation is 2. The van der Waals surface area contributed by atoms with Gasteiger partial charge in [0.25, 0.3) is 0 Å². The van der Waals surface area contributed by atoms with Crippen LogP contribution in [-0.4, -0.2) is 4.99 Å². The maximum atomic E-state index is 9.55. The van der Waals surface area contributed by atoms with Crippen molar-refractivity contribution in [3.63, 3.8) is 0 Å². The summed E-state index contributed by atoms with van der Waals surface area (Å²) in [6.07, 6.45) is 0. The van der Waals surface area contributed by atoms with Crippen molar-refractivity contribution in [2.24, 2.45) is 0 Å². The predicted molar refractivity (Wildman–Crippen MR) is 101 cm³/mol. The van der Waals surface area contributed by atoms with Gasteiger partial charge in [0.15, 0.2) is 0 Å². The van der Waals surface area contributed by atoms with Crippen molar-refractivity contribution < 1.29 is 0 Å². The van der Waals surface area contributed by atoms with Crippen LogP contribution in [0.2, 0.25) is 0 Å². The summed E-state index contributed by atoms with van der Waals surface area (Å²) in [5.41, 5.74) is 4.64. The normalized spacial score (nSPS) is 14.5. The zero-order chi connectivity index (χ0) is 16.4. The van der Waals surface area contributed by atoms with Gasteiger partial charge in [-0.15, -0.1) is 0 Å². The lowest BCUT2D eigenvalue weighted by Gasteiger charge is -2.12. The monoisotopic (exact) mass is 337 g/mol. The molecule has 0 fully saturated rings. The van der Waals surface area contributed by atoms with Crippen LogP contribution >= 0.6 is 24.0 Å². The fourth-order valence-electron chi connectivity index (χ4n) is 2.29. The largest absolute Gasteiger partial charge is 0.348 e. The van der Waals surface area contributed by atoms with Crippen LogP contribution in [0.4, 0.5) is 11.4 Å². The first-order chi connectivity index (χ1) is 11.1. The number of hydrogen-bond acceptors (Lipinski definition) is 4. The summed E-state index contributed by atoms with van der Waals surface area (Å²) in [7, 11) is 0. The lowest BCUT2D eigenvalue weighted by atomic mass is 10.1. The second-order valence-corrected chi connectivity index (χ2v) is 6.77. The van der Waals surface area contributed by atoms with Crippen LogP contribution in [0.1, 0.15) is 11.1 Å². The van der Waals surface area contributed by atoms with Crippen LogP contribution in [0.15, 0.2) is 58.0 Å². The highest BCUT2D eigenvalue weighted by Gasteiger charge is 2.21. The van der Waals surface area contributed by atoms with Crippen molar-refractivity contribution in [1.29, 1.82) is 5.26 Å². The van der Waals surface area contributed by atoms with E-state index in [0.717, 1.165) is 32.4 Å². The molecule has 0 amide bonds. The quantitative estimate of drug-likeness (QED) is 0.459. The molecule has 0 aliphatic carbocycles. The van der Waals surface area contributed by atoms with Gasteiger partial charge in [-0.25, -0.2) is 0 Å². The average Bonchev–Trinajstić information content (AvgIpc) is 2.95. The van der Waals surface area contributed by atoms with Crippen LogP contribution < -0.4 is 10.6 Å². The van der Waals surface area contributed by atoms with Crippen LogP contribution in [-0.2, 0) is 0 Å². The first-order valence-electron chi connectivity index (χ1n) is 7.15. The Hall–Kier alpha value is -2.29. The zero-order valence-corrected chi connectivity index (χ0v) is 14.4. The number of nitrogens with one attached hydrogen (secondary N) is 2. The molecule has 0 spiro atoms. The molecule has 3 nitrogen and oxygen atoms in total. The van der Waals surface area contributed by atoms with E-state index in [1.54, 1.807) is 0 Å². The number of fused-ring (bicyclic) bond motifs is 1. The Morgan fingerprint density at radius 2 is 2.00 bits per heavy atom. The number of hydrogen-bond donors (Lipinski definition) is 2. The van der Waals surface area contributed by atoms with Crippen molar-refractivity contribution in [2.75, 3.05) is 10.6 Å². The Balaban J connectivity index is 1.88. The highest BCUT2D eigenvalue weighted by Crippen LogP contribution is 2.42. The first kappa shape index (κ1) is 15.6. The molecule has 2 aromatic carbocycles. The van der Waals surface area contributed by atoms with Crippen LogP contribution in [0.25, 0.3) is 0 Å². The molecule has 2 N–H and O–H groups in total. The number of para-hydroxylation sites is 1. The number of nitrogens with zero attached hydrogens (tertiary/aromatic N) is 1. The molecule has 0 atom stereocenters. The zero-order valence-electron chi connectivity index (χ0n) is 12.8. The molecule has 0 unspecified atom stereocenters. The lowest BCUT2D eigenvalue weighted by Crippen LogP contribution is -2.14. The minimum Gasteiger partial charge on any atom is -0.348 e. The Morgan fingerprint density at radius 1 is 1.22 bits per heavy atom. The summed E-state index contributed by atoms with van der Waals surface area (Å²) in [5, 5.41) is 16.8. The third-order valence-electron chi connectivity index (χ3n) is 3.55. The molecule has 5 heteroatoms. The summed E-state index contributed by atoms with van der Waals surface area (Å²) in [6.45, 7) is 4.05. The Labute approximate surface area is 145 Å². The summed E-state index contributed by atoms with van der Waals surface area (Å²) in [4.78, 5) is 1.54. The van der Waals surface area contributed by atoms with E-state index in [1.807, 2.05) is 50.2 Å². The van der Waals surface area contributed by atoms with Gasteiger partial charge in [-0.3, -0.25) is 0 Å². The highest BCUT2D eigenvalue weighted by atomic mass is 32.2. The number of rotatable bonds is 2. The van der Waals surface area contributed by atoms with Gasteiger partial charge in [-0.1, -0.05) is 48.2 Å². The molecule has 23 heavy (non-hydrogen) atoms. The fourth-order valence-corrected chi connectivity index (χ4v) is 3.62. The molecule has 3 rings (SSSR count). The number of thiocarbonyl (C=S) groups is 1. The predicted octanol–water partition coefficient (Wildman–Crippen LogP) is 5.00. The smallest absolute Gasteiger partial charge is 0.124 e. The molecule has 0 aromatic heterocycles. The van der Waals surface area contributed by atoms with E-state index in [-0.39, 0.29) is 0 Å². The van der Waals surface area contributed by atoms with E-state index in [2.05, 4.69) is 22.8 Å². The third kappa shape index (κ3) is 3.24. The SMILES string of the molecule is Cc1ccc(C)c(NC(=S)C(C#N)=C2Nc3ccccc3S2)c1. The molecule has 0 saturated heterocycles. The maximum absolute atomic E-state index is 9.55. The summed E-state index contributed by atoms with van der Waals surface area (Å²) >= 11 is 7.00. The average molecular weight is 337 g/mol. The molecule has 1 aliphatic rings. The molecule has 1 heterocycles. The van der Waals surface area contributed by atoms with E-state index in [1.165, 1.54) is 11.8 Å². The van der Waals surface area contributed by atoms with Gasteiger partial charge < -0.3 is 10.6 Å². The molecule has 0 radical (unpaired) electrons. The van der Waals surface area contributed by atoms with E-state index >= 15 is 0 Å². The minimum absolute atomic E-state index is 0.434. The van der Waals surface area contributed by atoms with Crippen LogP contribution in [0.5, 0.6) is 0 Å². The van der Waals surface area contributed by atoms with Crippen molar-refractivity contribution in [3.05, 3.63) is 64.2 Å². The maximum Gasteiger partial charge on any atom is 0.124 e. The van der Waals surface area contributed by atoms with Crippen molar-refractivity contribution in [2.45, 2.75) is 18.7 Å². The van der Waals surface area contributed by atoms with Crippen molar-refractivity contribution >= 4 is 40.3 Å². The number of thioether (sulfide) groups is 1. The highest BCUT2D eigenvalue weighted by molar-refractivity contribution is 8.03. The van der Waals surface area contributed by atoms with E-state index in [0.29, 0.717) is 10.6 Å². The topological polar surface area (TPSA) is 47.9 Å². The second kappa shape index (κ2) is 6.45. The molecular weight excluding hydrogens is 322 g/mol. The standard InChI is InChI=1S/C18H15N3S2/c1-11-7-8-12(2)15(9-11)20-17(22)13(10-19)18-21-14-5-3-4-6-16(14)23-18/h3-9,21H,1-2H3,(H,20,22). The third-order valence-corrected chi connectivity index (χ3v) is 4.95. The van der Waals surface area contributed by atoms with Gasteiger partial charge in [-0.05, 0) is 43.2 Å². The molecule has 2 aromatic rings. The fraction of sp³-hybridized carbons (Fsp3) is 0.111. The van der Waals surface area contributed by atoms with Gasteiger partial charge in [0.1, 0.15) is 16.6 Å². The van der Waals surface area contributed by atoms with Crippen LogP contribution in [0, 0.1) is 25.2 Å².